The molecule has 0 bridgehead atoms. The van der Waals surface area contributed by atoms with E-state index >= 15 is 0 Å². The van der Waals surface area contributed by atoms with Crippen LogP contribution in [0.1, 0.15) is 34.3 Å². The molecule has 0 radical (unpaired) electrons. The van der Waals surface area contributed by atoms with Crippen molar-refractivity contribution in [3.8, 4) is 0 Å². The molecule has 132 valence electrons. The number of nitrogens with zero attached hydrogens (tertiary/aromatic N) is 1. The van der Waals surface area contributed by atoms with Crippen molar-refractivity contribution in [2.75, 3.05) is 13.1 Å². The molecule has 0 N–H and O–H groups in total. The predicted molar refractivity (Wildman–Crippen MR) is 101 cm³/mol. The van der Waals surface area contributed by atoms with Crippen LogP contribution in [0.15, 0.2) is 42.5 Å². The van der Waals surface area contributed by atoms with E-state index in [1.165, 1.54) is 5.56 Å². The summed E-state index contributed by atoms with van der Waals surface area (Å²) >= 11 is 12.1. The molecule has 0 spiro atoms. The molecule has 1 atom stereocenters. The third-order valence-corrected chi connectivity index (χ3v) is 4.94. The first-order chi connectivity index (χ1) is 12.0. The number of rotatable bonds is 4. The maximum atomic E-state index is 12.7. The van der Waals surface area contributed by atoms with Gasteiger partial charge in [-0.15, -0.1) is 0 Å². The Bertz CT molecular complexity index is 763. The first-order valence-electron chi connectivity index (χ1n) is 8.44. The van der Waals surface area contributed by atoms with E-state index in [4.69, 9.17) is 27.9 Å². The summed E-state index contributed by atoms with van der Waals surface area (Å²) in [5, 5.41) is 0.917. The molecule has 1 saturated heterocycles. The number of carbonyl (C=O) groups excluding carboxylic acids is 1. The number of benzene rings is 2. The molecule has 2 aromatic carbocycles. The van der Waals surface area contributed by atoms with Gasteiger partial charge in [0.1, 0.15) is 0 Å². The summed E-state index contributed by atoms with van der Waals surface area (Å²) in [6.07, 6.45) is 1.93. The van der Waals surface area contributed by atoms with Crippen LogP contribution in [0.3, 0.4) is 0 Å². The number of aryl methyl sites for hydroxylation is 1. The Morgan fingerprint density at radius 3 is 2.84 bits per heavy atom. The van der Waals surface area contributed by atoms with Crippen molar-refractivity contribution in [3.63, 3.8) is 0 Å². The highest BCUT2D eigenvalue weighted by molar-refractivity contribution is 6.36. The largest absolute Gasteiger partial charge is 0.372 e. The highest BCUT2D eigenvalue weighted by Crippen LogP contribution is 2.24. The summed E-state index contributed by atoms with van der Waals surface area (Å²) in [6.45, 7) is 3.95. The number of hydrogen-bond donors (Lipinski definition) is 0. The minimum Gasteiger partial charge on any atom is -0.372 e. The van der Waals surface area contributed by atoms with Crippen LogP contribution >= 0.6 is 23.2 Å². The number of hydrogen-bond acceptors (Lipinski definition) is 2. The zero-order valence-electron chi connectivity index (χ0n) is 14.2. The standard InChI is InChI=1S/C20H21Cl2NO2/c1-14-4-2-5-15(10-14)13-25-17-6-3-9-23(12-17)20(24)18-8-7-16(21)11-19(18)22/h2,4-5,7-8,10-11,17H,3,6,9,12-13H2,1H3. The lowest BCUT2D eigenvalue weighted by molar-refractivity contribution is -0.00673. The van der Waals surface area contributed by atoms with Crippen molar-refractivity contribution in [2.24, 2.45) is 0 Å². The van der Waals surface area contributed by atoms with E-state index in [-0.39, 0.29) is 12.0 Å². The number of amides is 1. The summed E-state index contributed by atoms with van der Waals surface area (Å²) in [4.78, 5) is 14.6. The van der Waals surface area contributed by atoms with Gasteiger partial charge in [0.05, 0.1) is 23.3 Å². The van der Waals surface area contributed by atoms with Crippen molar-refractivity contribution in [1.29, 1.82) is 0 Å². The van der Waals surface area contributed by atoms with Crippen LogP contribution in [0.2, 0.25) is 10.0 Å². The maximum Gasteiger partial charge on any atom is 0.255 e. The Kier molecular flexibility index (Phi) is 6.00. The minimum absolute atomic E-state index is 0.0456. The smallest absolute Gasteiger partial charge is 0.255 e. The molecule has 5 heteroatoms. The highest BCUT2D eigenvalue weighted by Gasteiger charge is 2.26. The number of piperidine rings is 1. The molecule has 0 aliphatic carbocycles. The van der Waals surface area contributed by atoms with Crippen molar-refractivity contribution >= 4 is 29.1 Å². The second-order valence-corrected chi connectivity index (χ2v) is 7.28. The third kappa shape index (κ3) is 4.75. The van der Waals surface area contributed by atoms with Crippen LogP contribution in [-0.4, -0.2) is 30.0 Å². The van der Waals surface area contributed by atoms with E-state index in [1.54, 1.807) is 18.2 Å². The van der Waals surface area contributed by atoms with Crippen molar-refractivity contribution in [2.45, 2.75) is 32.5 Å². The van der Waals surface area contributed by atoms with Gasteiger partial charge in [0.2, 0.25) is 0 Å². The molecule has 3 nitrogen and oxygen atoms in total. The third-order valence-electron chi connectivity index (χ3n) is 4.40. The highest BCUT2D eigenvalue weighted by atomic mass is 35.5. The van der Waals surface area contributed by atoms with Crippen molar-refractivity contribution < 1.29 is 9.53 Å². The molecular weight excluding hydrogens is 357 g/mol. The van der Waals surface area contributed by atoms with Gasteiger partial charge in [-0.25, -0.2) is 0 Å². The van der Waals surface area contributed by atoms with Gasteiger partial charge in [-0.2, -0.15) is 0 Å². The fraction of sp³-hybridized carbons (Fsp3) is 0.350. The van der Waals surface area contributed by atoms with Crippen molar-refractivity contribution in [1.82, 2.24) is 4.90 Å². The van der Waals surface area contributed by atoms with Crippen LogP contribution in [-0.2, 0) is 11.3 Å². The lowest BCUT2D eigenvalue weighted by Crippen LogP contribution is -2.43. The summed E-state index contributed by atoms with van der Waals surface area (Å²) < 4.78 is 6.04. The lowest BCUT2D eigenvalue weighted by atomic mass is 10.1. The van der Waals surface area contributed by atoms with E-state index < -0.39 is 0 Å². The molecule has 1 amide bonds. The summed E-state index contributed by atoms with van der Waals surface area (Å²) in [5.41, 5.74) is 2.87. The summed E-state index contributed by atoms with van der Waals surface area (Å²) in [7, 11) is 0. The first-order valence-corrected chi connectivity index (χ1v) is 9.20. The Labute approximate surface area is 158 Å². The second kappa shape index (κ2) is 8.22. The molecule has 1 unspecified atom stereocenters. The van der Waals surface area contributed by atoms with Crippen LogP contribution in [0.5, 0.6) is 0 Å². The molecule has 2 aromatic rings. The zero-order valence-corrected chi connectivity index (χ0v) is 15.7. The molecule has 1 aliphatic rings. The molecule has 25 heavy (non-hydrogen) atoms. The normalized spacial score (nSPS) is 17.6. The number of carbonyl (C=O) groups is 1. The maximum absolute atomic E-state index is 12.7. The summed E-state index contributed by atoms with van der Waals surface area (Å²) in [6, 6.07) is 13.3. The SMILES string of the molecule is Cc1cccc(COC2CCCN(C(=O)c3ccc(Cl)cc3Cl)C2)c1. The molecule has 0 aromatic heterocycles. The van der Waals surface area contributed by atoms with E-state index in [1.807, 2.05) is 11.0 Å². The molecule has 1 aliphatic heterocycles. The van der Waals surface area contributed by atoms with Gasteiger partial charge < -0.3 is 9.64 Å². The van der Waals surface area contributed by atoms with Gasteiger partial charge in [-0.05, 0) is 43.5 Å². The van der Waals surface area contributed by atoms with Gasteiger partial charge in [-0.1, -0.05) is 53.0 Å². The lowest BCUT2D eigenvalue weighted by Gasteiger charge is -2.33. The number of halogens is 2. The Morgan fingerprint density at radius 2 is 2.08 bits per heavy atom. The Hall–Kier alpha value is -1.55. The molecule has 0 saturated carbocycles. The topological polar surface area (TPSA) is 29.5 Å². The fourth-order valence-corrected chi connectivity index (χ4v) is 3.60. The van der Waals surface area contributed by atoms with Gasteiger partial charge in [0.15, 0.2) is 0 Å². The van der Waals surface area contributed by atoms with Gasteiger partial charge in [0.25, 0.3) is 5.91 Å². The van der Waals surface area contributed by atoms with Crippen LogP contribution in [0.4, 0.5) is 0 Å². The van der Waals surface area contributed by atoms with Gasteiger partial charge >= 0.3 is 0 Å². The van der Waals surface area contributed by atoms with E-state index in [0.717, 1.165) is 24.9 Å². The fourth-order valence-electron chi connectivity index (χ4n) is 3.11. The van der Waals surface area contributed by atoms with E-state index in [9.17, 15) is 4.79 Å². The molecular formula is C20H21Cl2NO2. The summed E-state index contributed by atoms with van der Waals surface area (Å²) in [5.74, 6) is -0.0643. The Morgan fingerprint density at radius 1 is 1.24 bits per heavy atom. The van der Waals surface area contributed by atoms with Crippen LogP contribution < -0.4 is 0 Å². The Balaban J connectivity index is 1.61. The van der Waals surface area contributed by atoms with Crippen LogP contribution in [0.25, 0.3) is 0 Å². The number of ether oxygens (including phenoxy) is 1. The average Bonchev–Trinajstić information content (AvgIpc) is 2.60. The monoisotopic (exact) mass is 377 g/mol. The molecule has 1 heterocycles. The van der Waals surface area contributed by atoms with Crippen molar-refractivity contribution in [3.05, 3.63) is 69.2 Å². The zero-order chi connectivity index (χ0) is 17.8. The average molecular weight is 378 g/mol. The van der Waals surface area contributed by atoms with Gasteiger partial charge in [-0.3, -0.25) is 4.79 Å². The quantitative estimate of drug-likeness (QED) is 0.739. The van der Waals surface area contributed by atoms with Crippen LogP contribution in [0, 0.1) is 6.92 Å². The van der Waals surface area contributed by atoms with E-state index in [2.05, 4.69) is 25.1 Å². The minimum atomic E-state index is -0.0643. The van der Waals surface area contributed by atoms with E-state index in [0.29, 0.717) is 28.8 Å². The predicted octanol–water partition coefficient (Wildman–Crippen LogP) is 5.12. The number of likely N-dealkylation sites (tertiary alicyclic amines) is 1. The van der Waals surface area contributed by atoms with Gasteiger partial charge in [0, 0.05) is 18.1 Å². The molecule has 1 fully saturated rings. The first kappa shape index (κ1) is 18.2. The molecule has 3 rings (SSSR count). The second-order valence-electron chi connectivity index (χ2n) is 6.44.